The van der Waals surface area contributed by atoms with Gasteiger partial charge < -0.3 is 10.1 Å². The number of amides is 3. The van der Waals surface area contributed by atoms with Gasteiger partial charge in [0.15, 0.2) is 0 Å². The SMILES string of the molecule is CCCN1CCc2c(sc(NC(=O)c3ccc(S(=O)(=O)N4CCc5ccccc5C4)cc3)c2C(=O)NC(=O)OC)C1. The van der Waals surface area contributed by atoms with E-state index in [-0.39, 0.29) is 16.0 Å². The zero-order valence-corrected chi connectivity index (χ0v) is 24.6. The summed E-state index contributed by atoms with van der Waals surface area (Å²) in [6.45, 7) is 5.12. The standard InChI is InChI=1S/C29H32N4O6S2/c1-3-14-32-15-13-23-24(18-32)40-28(25(23)27(35)31-29(36)39-2)30-26(34)20-8-10-22(11-9-20)41(37,38)33-16-12-19-6-4-5-7-21(19)17-33/h4-11H,3,12-18H2,1-2H3,(H,30,34)(H,31,35,36). The van der Waals surface area contributed by atoms with E-state index in [1.165, 1.54) is 47.0 Å². The summed E-state index contributed by atoms with van der Waals surface area (Å²) in [4.78, 5) is 41.4. The number of rotatable bonds is 7. The number of imide groups is 1. The third-order valence-electron chi connectivity index (χ3n) is 7.38. The van der Waals surface area contributed by atoms with Crippen LogP contribution in [0.25, 0.3) is 0 Å². The lowest BCUT2D eigenvalue weighted by Gasteiger charge is -2.28. The highest BCUT2D eigenvalue weighted by molar-refractivity contribution is 7.89. The highest BCUT2D eigenvalue weighted by atomic mass is 32.2. The van der Waals surface area contributed by atoms with Crippen molar-refractivity contribution in [2.24, 2.45) is 0 Å². The van der Waals surface area contributed by atoms with E-state index in [1.54, 1.807) is 0 Å². The number of benzene rings is 2. The molecule has 3 heterocycles. The Morgan fingerprint density at radius 3 is 2.39 bits per heavy atom. The number of hydrogen-bond acceptors (Lipinski definition) is 8. The number of carbonyl (C=O) groups excluding carboxylic acids is 3. The number of sulfonamides is 1. The Morgan fingerprint density at radius 1 is 0.951 bits per heavy atom. The van der Waals surface area contributed by atoms with E-state index in [4.69, 9.17) is 0 Å². The van der Waals surface area contributed by atoms with Crippen LogP contribution in [0.3, 0.4) is 0 Å². The summed E-state index contributed by atoms with van der Waals surface area (Å²) >= 11 is 1.31. The van der Waals surface area contributed by atoms with Crippen LogP contribution in [0, 0.1) is 0 Å². The van der Waals surface area contributed by atoms with Crippen molar-refractivity contribution in [1.82, 2.24) is 14.5 Å². The lowest BCUT2D eigenvalue weighted by atomic mass is 10.0. The first-order valence-corrected chi connectivity index (χ1v) is 15.7. The van der Waals surface area contributed by atoms with Crippen LogP contribution >= 0.6 is 11.3 Å². The number of anilines is 1. The molecule has 12 heteroatoms. The van der Waals surface area contributed by atoms with Crippen molar-refractivity contribution in [2.75, 3.05) is 32.1 Å². The van der Waals surface area contributed by atoms with Gasteiger partial charge in [0.1, 0.15) is 5.00 Å². The summed E-state index contributed by atoms with van der Waals surface area (Å²) < 4.78 is 32.7. The van der Waals surface area contributed by atoms with Crippen LogP contribution in [0.5, 0.6) is 0 Å². The second kappa shape index (κ2) is 12.1. The van der Waals surface area contributed by atoms with Crippen molar-refractivity contribution in [3.8, 4) is 0 Å². The molecule has 1 aromatic heterocycles. The van der Waals surface area contributed by atoms with Gasteiger partial charge in [-0.1, -0.05) is 31.2 Å². The Balaban J connectivity index is 1.35. The van der Waals surface area contributed by atoms with Crippen LogP contribution in [0.1, 0.15) is 55.6 Å². The van der Waals surface area contributed by atoms with Gasteiger partial charge in [0.05, 0.1) is 17.6 Å². The highest BCUT2D eigenvalue weighted by Gasteiger charge is 2.31. The van der Waals surface area contributed by atoms with E-state index in [1.807, 2.05) is 24.3 Å². The monoisotopic (exact) mass is 596 g/mol. The molecule has 0 saturated heterocycles. The van der Waals surface area contributed by atoms with Gasteiger partial charge in [-0.05, 0) is 66.8 Å². The number of thiophene rings is 1. The minimum Gasteiger partial charge on any atom is -0.453 e. The number of ether oxygens (including phenoxy) is 1. The van der Waals surface area contributed by atoms with Gasteiger partial charge in [-0.15, -0.1) is 11.3 Å². The second-order valence-corrected chi connectivity index (χ2v) is 13.1. The molecule has 10 nitrogen and oxygen atoms in total. The normalized spacial score (nSPS) is 15.5. The number of fused-ring (bicyclic) bond motifs is 2. The Bertz CT molecular complexity index is 1580. The van der Waals surface area contributed by atoms with Gasteiger partial charge in [-0.3, -0.25) is 19.8 Å². The molecule has 0 fully saturated rings. The molecule has 2 N–H and O–H groups in total. The summed E-state index contributed by atoms with van der Waals surface area (Å²) in [6.07, 6.45) is 1.36. The lowest BCUT2D eigenvalue weighted by Crippen LogP contribution is -2.35. The van der Waals surface area contributed by atoms with Crippen molar-refractivity contribution >= 4 is 44.3 Å². The van der Waals surface area contributed by atoms with Crippen LogP contribution < -0.4 is 10.6 Å². The lowest BCUT2D eigenvalue weighted by molar-refractivity contribution is 0.0936. The van der Waals surface area contributed by atoms with Crippen LogP contribution in [-0.2, 0) is 40.7 Å². The summed E-state index contributed by atoms with van der Waals surface area (Å²) in [7, 11) is -2.58. The zero-order valence-electron chi connectivity index (χ0n) is 22.9. The number of methoxy groups -OCH3 is 1. The smallest absolute Gasteiger partial charge is 0.413 e. The molecule has 2 aliphatic heterocycles. The molecular weight excluding hydrogens is 564 g/mol. The topological polar surface area (TPSA) is 125 Å². The molecule has 41 heavy (non-hydrogen) atoms. The molecule has 5 rings (SSSR count). The first kappa shape index (κ1) is 28.9. The zero-order chi connectivity index (χ0) is 29.1. The molecular formula is C29H32N4O6S2. The molecule has 0 spiro atoms. The van der Waals surface area contributed by atoms with Crippen molar-refractivity contribution in [2.45, 2.75) is 44.2 Å². The Labute approximate surface area is 243 Å². The summed E-state index contributed by atoms with van der Waals surface area (Å²) in [5.74, 6) is -1.13. The van der Waals surface area contributed by atoms with E-state index in [0.717, 1.165) is 41.1 Å². The summed E-state index contributed by atoms with van der Waals surface area (Å²) in [5, 5.41) is 5.36. The molecule has 216 valence electrons. The quantitative estimate of drug-likeness (QED) is 0.422. The Morgan fingerprint density at radius 2 is 1.68 bits per heavy atom. The predicted octanol–water partition coefficient (Wildman–Crippen LogP) is 4.01. The molecule has 2 aromatic carbocycles. The van der Waals surface area contributed by atoms with E-state index in [9.17, 15) is 22.8 Å². The first-order valence-electron chi connectivity index (χ1n) is 13.5. The number of hydrogen-bond donors (Lipinski definition) is 2. The Hall–Kier alpha value is -3.58. The van der Waals surface area contributed by atoms with Crippen molar-refractivity contribution in [3.63, 3.8) is 0 Å². The van der Waals surface area contributed by atoms with E-state index in [0.29, 0.717) is 37.5 Å². The van der Waals surface area contributed by atoms with Gasteiger partial charge in [-0.2, -0.15) is 4.31 Å². The van der Waals surface area contributed by atoms with E-state index < -0.39 is 27.9 Å². The second-order valence-electron chi connectivity index (χ2n) is 10.0. The van der Waals surface area contributed by atoms with Gasteiger partial charge in [0.2, 0.25) is 10.0 Å². The van der Waals surface area contributed by atoms with Crippen LogP contribution in [-0.4, -0.2) is 62.3 Å². The van der Waals surface area contributed by atoms with Crippen molar-refractivity contribution in [3.05, 3.63) is 81.2 Å². The predicted molar refractivity (Wildman–Crippen MR) is 156 cm³/mol. The van der Waals surface area contributed by atoms with Crippen LogP contribution in [0.15, 0.2) is 53.4 Å². The minimum absolute atomic E-state index is 0.106. The number of carbonyl (C=O) groups is 3. The first-order chi connectivity index (χ1) is 19.7. The third-order valence-corrected chi connectivity index (χ3v) is 10.4. The number of nitrogens with zero attached hydrogens (tertiary/aromatic N) is 2. The maximum Gasteiger partial charge on any atom is 0.413 e. The Kier molecular flexibility index (Phi) is 8.55. The third kappa shape index (κ3) is 6.05. The van der Waals surface area contributed by atoms with E-state index >= 15 is 0 Å². The fraction of sp³-hybridized carbons (Fsp3) is 0.345. The maximum atomic E-state index is 13.3. The van der Waals surface area contributed by atoms with Crippen LogP contribution in [0.2, 0.25) is 0 Å². The minimum atomic E-state index is -3.75. The number of nitrogens with one attached hydrogen (secondary N) is 2. The molecule has 0 bridgehead atoms. The molecule has 2 aliphatic rings. The van der Waals surface area contributed by atoms with Gasteiger partial charge >= 0.3 is 6.09 Å². The van der Waals surface area contributed by atoms with Gasteiger partial charge in [0, 0.05) is 36.6 Å². The van der Waals surface area contributed by atoms with Crippen molar-refractivity contribution in [1.29, 1.82) is 0 Å². The van der Waals surface area contributed by atoms with Gasteiger partial charge in [-0.25, -0.2) is 13.2 Å². The highest BCUT2D eigenvalue weighted by Crippen LogP contribution is 2.37. The molecule has 0 atom stereocenters. The van der Waals surface area contributed by atoms with Crippen molar-refractivity contribution < 1.29 is 27.5 Å². The largest absolute Gasteiger partial charge is 0.453 e. The van der Waals surface area contributed by atoms with E-state index in [2.05, 4.69) is 27.2 Å². The van der Waals surface area contributed by atoms with Gasteiger partial charge in [0.25, 0.3) is 11.8 Å². The molecule has 0 saturated carbocycles. The van der Waals surface area contributed by atoms with Crippen LogP contribution in [0.4, 0.5) is 9.80 Å². The maximum absolute atomic E-state index is 13.3. The fourth-order valence-electron chi connectivity index (χ4n) is 5.28. The molecule has 3 amide bonds. The molecule has 0 aliphatic carbocycles. The number of alkyl carbamates (subject to hydrolysis) is 1. The average molecular weight is 597 g/mol. The fourth-order valence-corrected chi connectivity index (χ4v) is 7.98. The molecule has 0 radical (unpaired) electrons. The summed E-state index contributed by atoms with van der Waals surface area (Å²) in [5.41, 5.74) is 3.44. The average Bonchev–Trinajstić information content (AvgIpc) is 3.34. The summed E-state index contributed by atoms with van der Waals surface area (Å²) in [6, 6.07) is 13.6. The molecule has 3 aromatic rings. The molecule has 0 unspecified atom stereocenters.